The average Bonchev–Trinajstić information content (AvgIpc) is 2.76. The van der Waals surface area contributed by atoms with Crippen molar-refractivity contribution in [3.63, 3.8) is 0 Å². The molecule has 2 rings (SSSR count). The predicted octanol–water partition coefficient (Wildman–Crippen LogP) is 3.12. The summed E-state index contributed by atoms with van der Waals surface area (Å²) in [6.45, 7) is 0. The van der Waals surface area contributed by atoms with Crippen LogP contribution in [-0.2, 0) is 6.42 Å². The standard InChI is InChI=1S/C10H8Cl2N2OS/c11-7-2-1-3-8(12)6(7)4-10(15)9-5-13-16-14-9/h1-3,5,10,15H,4H2. The van der Waals surface area contributed by atoms with Crippen LogP contribution in [0.2, 0.25) is 10.0 Å². The molecule has 0 bridgehead atoms. The first kappa shape index (κ1) is 11.8. The highest BCUT2D eigenvalue weighted by Crippen LogP contribution is 2.28. The Morgan fingerprint density at radius 3 is 2.56 bits per heavy atom. The van der Waals surface area contributed by atoms with Crippen LogP contribution in [0, 0.1) is 0 Å². The lowest BCUT2D eigenvalue weighted by Crippen LogP contribution is -2.03. The van der Waals surface area contributed by atoms with Crippen LogP contribution >= 0.6 is 34.9 Å². The van der Waals surface area contributed by atoms with Crippen molar-refractivity contribution >= 4 is 34.9 Å². The first-order chi connectivity index (χ1) is 7.68. The molecule has 0 saturated carbocycles. The lowest BCUT2D eigenvalue weighted by Gasteiger charge is -2.10. The van der Waals surface area contributed by atoms with Gasteiger partial charge in [0.05, 0.1) is 17.9 Å². The number of benzene rings is 1. The fraction of sp³-hybridized carbons (Fsp3) is 0.200. The van der Waals surface area contributed by atoms with Crippen molar-refractivity contribution in [3.8, 4) is 0 Å². The number of rotatable bonds is 3. The highest BCUT2D eigenvalue weighted by atomic mass is 35.5. The Hall–Kier alpha value is -0.680. The van der Waals surface area contributed by atoms with E-state index in [1.54, 1.807) is 24.4 Å². The molecular weight excluding hydrogens is 267 g/mol. The zero-order valence-corrected chi connectivity index (χ0v) is 10.4. The van der Waals surface area contributed by atoms with Crippen molar-refractivity contribution in [2.24, 2.45) is 0 Å². The number of aliphatic hydroxyl groups excluding tert-OH is 1. The maximum atomic E-state index is 9.90. The third-order valence-corrected chi connectivity index (χ3v) is 3.38. The maximum Gasteiger partial charge on any atom is 0.103 e. The molecule has 1 heterocycles. The molecule has 0 aliphatic carbocycles. The second-order valence-corrected chi connectivity index (χ2v) is 4.62. The number of aromatic nitrogens is 2. The number of halogens is 2. The Labute approximate surface area is 107 Å². The molecule has 0 saturated heterocycles. The quantitative estimate of drug-likeness (QED) is 0.936. The van der Waals surface area contributed by atoms with E-state index >= 15 is 0 Å². The first-order valence-corrected chi connectivity index (χ1v) is 6.05. The molecule has 1 aromatic carbocycles. The van der Waals surface area contributed by atoms with Crippen LogP contribution in [0.4, 0.5) is 0 Å². The van der Waals surface area contributed by atoms with Crippen molar-refractivity contribution in [3.05, 3.63) is 45.7 Å². The predicted molar refractivity (Wildman–Crippen MR) is 65.0 cm³/mol. The molecule has 6 heteroatoms. The van der Waals surface area contributed by atoms with Crippen LogP contribution in [0.5, 0.6) is 0 Å². The minimum absolute atomic E-state index is 0.337. The van der Waals surface area contributed by atoms with Gasteiger partial charge in [0.2, 0.25) is 0 Å². The Balaban J connectivity index is 2.21. The van der Waals surface area contributed by atoms with Gasteiger partial charge in [0.15, 0.2) is 0 Å². The minimum atomic E-state index is -0.726. The summed E-state index contributed by atoms with van der Waals surface area (Å²) in [5, 5.41) is 11.0. The summed E-state index contributed by atoms with van der Waals surface area (Å²) >= 11 is 13.1. The summed E-state index contributed by atoms with van der Waals surface area (Å²) in [5.41, 5.74) is 1.27. The summed E-state index contributed by atoms with van der Waals surface area (Å²) in [6, 6.07) is 5.26. The summed E-state index contributed by atoms with van der Waals surface area (Å²) in [5.74, 6) is 0. The van der Waals surface area contributed by atoms with Gasteiger partial charge < -0.3 is 5.11 Å². The monoisotopic (exact) mass is 274 g/mol. The van der Waals surface area contributed by atoms with Gasteiger partial charge in [-0.2, -0.15) is 8.75 Å². The lowest BCUT2D eigenvalue weighted by atomic mass is 10.1. The fourth-order valence-electron chi connectivity index (χ4n) is 1.34. The largest absolute Gasteiger partial charge is 0.386 e. The summed E-state index contributed by atoms with van der Waals surface area (Å²) < 4.78 is 7.80. The Morgan fingerprint density at radius 2 is 2.00 bits per heavy atom. The van der Waals surface area contributed by atoms with E-state index in [0.717, 1.165) is 17.3 Å². The first-order valence-electron chi connectivity index (χ1n) is 4.57. The van der Waals surface area contributed by atoms with E-state index in [-0.39, 0.29) is 0 Å². The lowest BCUT2D eigenvalue weighted by molar-refractivity contribution is 0.174. The number of nitrogens with zero attached hydrogens (tertiary/aromatic N) is 2. The maximum absolute atomic E-state index is 9.90. The molecule has 16 heavy (non-hydrogen) atoms. The normalized spacial score (nSPS) is 12.7. The Kier molecular flexibility index (Phi) is 3.76. The molecular formula is C10H8Cl2N2OS. The molecule has 84 valence electrons. The average molecular weight is 275 g/mol. The van der Waals surface area contributed by atoms with Gasteiger partial charge in [-0.1, -0.05) is 29.3 Å². The molecule has 1 aromatic heterocycles. The molecule has 0 fully saturated rings. The van der Waals surface area contributed by atoms with Crippen LogP contribution in [0.1, 0.15) is 17.4 Å². The second-order valence-electron chi connectivity index (χ2n) is 3.25. The zero-order valence-electron chi connectivity index (χ0n) is 8.10. The van der Waals surface area contributed by atoms with Crippen LogP contribution in [0.15, 0.2) is 24.4 Å². The van der Waals surface area contributed by atoms with E-state index in [1.165, 1.54) is 0 Å². The fourth-order valence-corrected chi connectivity index (χ4v) is 2.36. The molecule has 0 aliphatic heterocycles. The van der Waals surface area contributed by atoms with E-state index in [1.807, 2.05) is 0 Å². The van der Waals surface area contributed by atoms with Crippen molar-refractivity contribution < 1.29 is 5.11 Å². The van der Waals surface area contributed by atoms with Gasteiger partial charge in [0.25, 0.3) is 0 Å². The van der Waals surface area contributed by atoms with Crippen LogP contribution < -0.4 is 0 Å². The van der Waals surface area contributed by atoms with Gasteiger partial charge in [0, 0.05) is 16.5 Å². The highest BCUT2D eigenvalue weighted by Gasteiger charge is 2.15. The zero-order chi connectivity index (χ0) is 11.5. The summed E-state index contributed by atoms with van der Waals surface area (Å²) in [6.07, 6.45) is 1.15. The van der Waals surface area contributed by atoms with Gasteiger partial charge in [-0.15, -0.1) is 0 Å². The van der Waals surface area contributed by atoms with Crippen molar-refractivity contribution in [1.29, 1.82) is 0 Å². The molecule has 1 N–H and O–H groups in total. The molecule has 1 atom stereocenters. The van der Waals surface area contributed by atoms with Gasteiger partial charge >= 0.3 is 0 Å². The topological polar surface area (TPSA) is 46.0 Å². The molecule has 2 aromatic rings. The van der Waals surface area contributed by atoms with Crippen LogP contribution in [0.3, 0.4) is 0 Å². The second kappa shape index (κ2) is 5.10. The van der Waals surface area contributed by atoms with E-state index in [2.05, 4.69) is 8.75 Å². The molecule has 0 amide bonds. The van der Waals surface area contributed by atoms with Gasteiger partial charge in [0.1, 0.15) is 11.8 Å². The van der Waals surface area contributed by atoms with Crippen molar-refractivity contribution in [1.82, 2.24) is 8.75 Å². The highest BCUT2D eigenvalue weighted by molar-refractivity contribution is 6.99. The van der Waals surface area contributed by atoms with E-state index in [4.69, 9.17) is 23.2 Å². The third-order valence-electron chi connectivity index (χ3n) is 2.18. The SMILES string of the molecule is OC(Cc1c(Cl)cccc1Cl)c1cnsn1. The third kappa shape index (κ3) is 2.52. The Bertz CT molecular complexity index is 455. The molecule has 0 aliphatic rings. The summed E-state index contributed by atoms with van der Waals surface area (Å²) in [7, 11) is 0. The van der Waals surface area contributed by atoms with Crippen LogP contribution in [-0.4, -0.2) is 13.9 Å². The number of hydrogen-bond acceptors (Lipinski definition) is 4. The number of hydrogen-bond donors (Lipinski definition) is 1. The van der Waals surface area contributed by atoms with Gasteiger partial charge in [-0.25, -0.2) is 0 Å². The molecule has 3 nitrogen and oxygen atoms in total. The molecule has 0 spiro atoms. The minimum Gasteiger partial charge on any atom is -0.386 e. The van der Waals surface area contributed by atoms with Crippen LogP contribution in [0.25, 0.3) is 0 Å². The smallest absolute Gasteiger partial charge is 0.103 e. The van der Waals surface area contributed by atoms with Gasteiger partial charge in [-0.05, 0) is 17.7 Å². The van der Waals surface area contributed by atoms with E-state index < -0.39 is 6.10 Å². The summed E-state index contributed by atoms with van der Waals surface area (Å²) in [4.78, 5) is 0. The van der Waals surface area contributed by atoms with E-state index in [0.29, 0.717) is 22.2 Å². The van der Waals surface area contributed by atoms with E-state index in [9.17, 15) is 5.11 Å². The molecule has 1 unspecified atom stereocenters. The number of aliphatic hydroxyl groups is 1. The van der Waals surface area contributed by atoms with Crippen molar-refractivity contribution in [2.75, 3.05) is 0 Å². The van der Waals surface area contributed by atoms with Crippen molar-refractivity contribution in [2.45, 2.75) is 12.5 Å². The Morgan fingerprint density at radius 1 is 1.31 bits per heavy atom. The molecule has 0 radical (unpaired) electrons. The van der Waals surface area contributed by atoms with Gasteiger partial charge in [-0.3, -0.25) is 0 Å².